The summed E-state index contributed by atoms with van der Waals surface area (Å²) in [6.07, 6.45) is 58.7. The molecule has 6 nitrogen and oxygen atoms in total. The van der Waals surface area contributed by atoms with E-state index in [1.807, 2.05) is 12.2 Å². The SMILES string of the molecule is CC/C=C\C/C=C\C/C=C\C/C=C\C/C=C\CCC(=O)OCC(COC(=O)CCCCCC/C=C\CCCC)OC(=O)CCCCC/C=C\CCCCCCCCC. The average Bonchev–Trinajstić information content (AvgIpc) is 3.22. The van der Waals surface area contributed by atoms with E-state index in [4.69, 9.17) is 14.2 Å². The van der Waals surface area contributed by atoms with Gasteiger partial charge in [-0.15, -0.1) is 0 Å². The Morgan fingerprint density at radius 1 is 0.362 bits per heavy atom. The molecule has 0 spiro atoms. The largest absolute Gasteiger partial charge is 0.462 e. The Morgan fingerprint density at radius 2 is 0.724 bits per heavy atom. The maximum Gasteiger partial charge on any atom is 0.306 e. The molecule has 1 atom stereocenters. The van der Waals surface area contributed by atoms with Crippen molar-refractivity contribution >= 4 is 17.9 Å². The highest BCUT2D eigenvalue weighted by Crippen LogP contribution is 2.12. The highest BCUT2D eigenvalue weighted by atomic mass is 16.6. The fourth-order valence-electron chi connectivity index (χ4n) is 6.05. The van der Waals surface area contributed by atoms with Crippen molar-refractivity contribution < 1.29 is 28.6 Å². The van der Waals surface area contributed by atoms with Crippen LogP contribution in [0, 0.1) is 0 Å². The van der Waals surface area contributed by atoms with Crippen molar-refractivity contribution in [2.45, 2.75) is 213 Å². The van der Waals surface area contributed by atoms with E-state index in [0.29, 0.717) is 12.8 Å². The van der Waals surface area contributed by atoms with Gasteiger partial charge in [-0.3, -0.25) is 14.4 Å². The van der Waals surface area contributed by atoms with Gasteiger partial charge in [0.2, 0.25) is 0 Å². The highest BCUT2D eigenvalue weighted by molar-refractivity contribution is 5.71. The Labute approximate surface area is 356 Å². The van der Waals surface area contributed by atoms with Crippen molar-refractivity contribution in [3.8, 4) is 0 Å². The molecule has 0 N–H and O–H groups in total. The third-order valence-corrected chi connectivity index (χ3v) is 9.62. The van der Waals surface area contributed by atoms with Gasteiger partial charge < -0.3 is 14.2 Å². The minimum atomic E-state index is -0.817. The summed E-state index contributed by atoms with van der Waals surface area (Å²) in [5, 5.41) is 0. The Balaban J connectivity index is 4.52. The number of rotatable bonds is 41. The molecule has 0 bridgehead atoms. The van der Waals surface area contributed by atoms with Crippen molar-refractivity contribution in [3.05, 3.63) is 85.1 Å². The van der Waals surface area contributed by atoms with E-state index in [2.05, 4.69) is 93.7 Å². The molecule has 0 radical (unpaired) electrons. The Bertz CT molecular complexity index is 1160. The molecule has 0 rings (SSSR count). The van der Waals surface area contributed by atoms with Crippen LogP contribution in [0.2, 0.25) is 0 Å². The molecule has 0 saturated heterocycles. The molecule has 0 aromatic heterocycles. The van der Waals surface area contributed by atoms with E-state index >= 15 is 0 Å². The normalized spacial score (nSPS) is 12.8. The Hall–Kier alpha value is -3.41. The number of ether oxygens (including phenoxy) is 3. The predicted octanol–water partition coefficient (Wildman–Crippen LogP) is 15.3. The average molecular weight is 807 g/mol. The van der Waals surface area contributed by atoms with E-state index in [0.717, 1.165) is 103 Å². The molecule has 0 aromatic rings. The maximum atomic E-state index is 12.7. The van der Waals surface area contributed by atoms with Gasteiger partial charge in [0.15, 0.2) is 6.10 Å². The molecule has 0 amide bonds. The molecule has 0 fully saturated rings. The molecule has 58 heavy (non-hydrogen) atoms. The fraction of sp³-hybridized carbons (Fsp3) is 0.673. The summed E-state index contributed by atoms with van der Waals surface area (Å²) in [4.78, 5) is 37.7. The maximum absolute atomic E-state index is 12.7. The van der Waals surface area contributed by atoms with Crippen LogP contribution < -0.4 is 0 Å². The molecular weight excluding hydrogens is 721 g/mol. The summed E-state index contributed by atoms with van der Waals surface area (Å²) >= 11 is 0. The Morgan fingerprint density at radius 3 is 1.22 bits per heavy atom. The molecule has 0 aliphatic heterocycles. The number of hydrogen-bond donors (Lipinski definition) is 0. The first-order valence-electron chi connectivity index (χ1n) is 23.6. The second-order valence-electron chi connectivity index (χ2n) is 15.3. The van der Waals surface area contributed by atoms with Crippen molar-refractivity contribution in [1.82, 2.24) is 0 Å². The van der Waals surface area contributed by atoms with E-state index in [1.165, 1.54) is 57.8 Å². The summed E-state index contributed by atoms with van der Waals surface area (Å²) in [6.45, 7) is 6.36. The van der Waals surface area contributed by atoms with Gasteiger partial charge in [-0.2, -0.15) is 0 Å². The van der Waals surface area contributed by atoms with Crippen molar-refractivity contribution in [3.63, 3.8) is 0 Å². The number of carbonyl (C=O) groups is 3. The summed E-state index contributed by atoms with van der Waals surface area (Å²) in [5.74, 6) is -1.03. The van der Waals surface area contributed by atoms with E-state index in [1.54, 1.807) is 0 Å². The van der Waals surface area contributed by atoms with Crippen molar-refractivity contribution in [2.75, 3.05) is 13.2 Å². The van der Waals surface area contributed by atoms with Crippen LogP contribution in [-0.4, -0.2) is 37.2 Å². The molecule has 0 heterocycles. The van der Waals surface area contributed by atoms with Gasteiger partial charge in [-0.05, 0) is 96.3 Å². The van der Waals surface area contributed by atoms with Crippen LogP contribution in [0.3, 0.4) is 0 Å². The van der Waals surface area contributed by atoms with Crippen molar-refractivity contribution in [1.29, 1.82) is 0 Å². The van der Waals surface area contributed by atoms with E-state index in [-0.39, 0.29) is 44.0 Å². The van der Waals surface area contributed by atoms with Crippen LogP contribution in [0.25, 0.3) is 0 Å². The lowest BCUT2D eigenvalue weighted by Crippen LogP contribution is -2.30. The van der Waals surface area contributed by atoms with Crippen molar-refractivity contribution in [2.24, 2.45) is 0 Å². The summed E-state index contributed by atoms with van der Waals surface area (Å²) in [6, 6.07) is 0. The lowest BCUT2D eigenvalue weighted by atomic mass is 10.1. The number of hydrogen-bond acceptors (Lipinski definition) is 6. The second kappa shape index (κ2) is 46.3. The summed E-state index contributed by atoms with van der Waals surface area (Å²) < 4.78 is 16.6. The molecule has 0 aliphatic rings. The zero-order valence-electron chi connectivity index (χ0n) is 37.5. The molecule has 1 unspecified atom stereocenters. The number of unbranched alkanes of at least 4 members (excludes halogenated alkanes) is 16. The zero-order chi connectivity index (χ0) is 42.3. The topological polar surface area (TPSA) is 78.9 Å². The van der Waals surface area contributed by atoms with Crippen LogP contribution in [0.15, 0.2) is 85.1 Å². The molecule has 6 heteroatoms. The third kappa shape index (κ3) is 43.7. The smallest absolute Gasteiger partial charge is 0.306 e. The summed E-state index contributed by atoms with van der Waals surface area (Å²) in [7, 11) is 0. The zero-order valence-corrected chi connectivity index (χ0v) is 37.5. The summed E-state index contributed by atoms with van der Waals surface area (Å²) in [5.41, 5.74) is 0. The van der Waals surface area contributed by atoms with Gasteiger partial charge in [0.1, 0.15) is 13.2 Å². The van der Waals surface area contributed by atoms with Crippen LogP contribution >= 0.6 is 0 Å². The van der Waals surface area contributed by atoms with Crippen LogP contribution in [0.5, 0.6) is 0 Å². The van der Waals surface area contributed by atoms with E-state index < -0.39 is 6.10 Å². The van der Waals surface area contributed by atoms with Gasteiger partial charge in [-0.1, -0.05) is 176 Å². The molecule has 0 saturated carbocycles. The monoisotopic (exact) mass is 807 g/mol. The van der Waals surface area contributed by atoms with Gasteiger partial charge in [0.05, 0.1) is 0 Å². The first kappa shape index (κ1) is 54.6. The second-order valence-corrected chi connectivity index (χ2v) is 15.3. The minimum absolute atomic E-state index is 0.112. The van der Waals surface area contributed by atoms with Gasteiger partial charge in [0, 0.05) is 19.3 Å². The number of carbonyl (C=O) groups excluding carboxylic acids is 3. The number of esters is 3. The lowest BCUT2D eigenvalue weighted by molar-refractivity contribution is -0.166. The molecule has 0 aromatic carbocycles. The first-order valence-corrected chi connectivity index (χ1v) is 23.6. The van der Waals surface area contributed by atoms with Crippen LogP contribution in [0.4, 0.5) is 0 Å². The van der Waals surface area contributed by atoms with Crippen LogP contribution in [0.1, 0.15) is 207 Å². The van der Waals surface area contributed by atoms with Gasteiger partial charge >= 0.3 is 17.9 Å². The van der Waals surface area contributed by atoms with Gasteiger partial charge in [-0.25, -0.2) is 0 Å². The van der Waals surface area contributed by atoms with E-state index in [9.17, 15) is 14.4 Å². The number of allylic oxidation sites excluding steroid dienone is 14. The van der Waals surface area contributed by atoms with Crippen LogP contribution in [-0.2, 0) is 28.6 Å². The third-order valence-electron chi connectivity index (χ3n) is 9.62. The molecule has 330 valence electrons. The minimum Gasteiger partial charge on any atom is -0.462 e. The quantitative estimate of drug-likeness (QED) is 0.0265. The predicted molar refractivity (Wildman–Crippen MR) is 247 cm³/mol. The fourth-order valence-corrected chi connectivity index (χ4v) is 6.05. The highest BCUT2D eigenvalue weighted by Gasteiger charge is 2.19. The lowest BCUT2D eigenvalue weighted by Gasteiger charge is -2.18. The molecular formula is C52H86O6. The first-order chi connectivity index (χ1) is 28.5. The Kier molecular flexibility index (Phi) is 43.6. The molecule has 0 aliphatic carbocycles. The van der Waals surface area contributed by atoms with Gasteiger partial charge in [0.25, 0.3) is 0 Å². The standard InChI is InChI=1S/C52H86O6/c1-4-7-10-13-16-19-22-24-26-27-29-30-33-36-39-42-45-51(54)57-48-49(47-56-50(53)44-41-38-35-32-21-18-15-12-9-6-3)58-52(55)46-43-40-37-34-31-28-25-23-20-17-14-11-8-5-2/h7,10,15-16,18-19,24,26,28-31,36,39,49H,4-6,8-9,11-14,17,20-23,25,27,32-35,37-38,40-48H2,1-3H3/b10-7-,18-15-,19-16-,26-24-,30-29-,31-28-,39-36-.